The molecule has 0 heterocycles. The van der Waals surface area contributed by atoms with Crippen LogP contribution in [0, 0.1) is 13.8 Å². The number of carbonyl (C=O) groups excluding carboxylic acids is 4. The van der Waals surface area contributed by atoms with Gasteiger partial charge in [-0.25, -0.2) is 4.79 Å². The van der Waals surface area contributed by atoms with Gasteiger partial charge in [-0.15, -0.1) is 0 Å². The third-order valence-corrected chi connectivity index (χ3v) is 6.45. The quantitative estimate of drug-likeness (QED) is 0.296. The molecule has 2 rings (SSSR count). The van der Waals surface area contributed by atoms with Crippen LogP contribution in [0.1, 0.15) is 75.8 Å². The summed E-state index contributed by atoms with van der Waals surface area (Å²) in [4.78, 5) is 54.2. The molecule has 230 valence electrons. The predicted octanol–water partition coefficient (Wildman–Crippen LogP) is 4.49. The molecule has 2 aromatic rings. The molecule has 0 aliphatic rings. The lowest BCUT2D eigenvalue weighted by Crippen LogP contribution is -2.54. The summed E-state index contributed by atoms with van der Waals surface area (Å²) in [6.07, 6.45) is -0.132. The summed E-state index contributed by atoms with van der Waals surface area (Å²) in [5.74, 6) is -1.29. The van der Waals surface area contributed by atoms with Crippen molar-refractivity contribution in [2.45, 2.75) is 85.4 Å². The maximum atomic E-state index is 14.3. The van der Waals surface area contributed by atoms with Gasteiger partial charge < -0.3 is 30.1 Å². The highest BCUT2D eigenvalue weighted by Crippen LogP contribution is 2.26. The Morgan fingerprint density at radius 1 is 0.976 bits per heavy atom. The summed E-state index contributed by atoms with van der Waals surface area (Å²) in [5.41, 5.74) is 2.49. The van der Waals surface area contributed by atoms with Crippen LogP contribution in [0.5, 0.6) is 5.75 Å². The van der Waals surface area contributed by atoms with Crippen molar-refractivity contribution in [1.82, 2.24) is 15.5 Å². The average molecular weight is 584 g/mol. The highest BCUT2D eigenvalue weighted by atomic mass is 16.6. The van der Waals surface area contributed by atoms with Crippen LogP contribution in [0.3, 0.4) is 0 Å². The smallest absolute Gasteiger partial charge is 0.408 e. The molecule has 0 radical (unpaired) electrons. The fraction of sp³-hybridized carbons (Fsp3) is 0.500. The Bertz CT molecular complexity index is 1220. The zero-order valence-electron chi connectivity index (χ0n) is 25.8. The van der Waals surface area contributed by atoms with E-state index in [2.05, 4.69) is 10.6 Å². The molecule has 0 aliphatic heterocycles. The molecule has 0 fully saturated rings. The zero-order valence-corrected chi connectivity index (χ0v) is 25.8. The van der Waals surface area contributed by atoms with Crippen molar-refractivity contribution in [2.24, 2.45) is 0 Å². The number of benzene rings is 2. The van der Waals surface area contributed by atoms with Gasteiger partial charge in [-0.1, -0.05) is 37.3 Å². The van der Waals surface area contributed by atoms with Crippen LogP contribution >= 0.6 is 0 Å². The van der Waals surface area contributed by atoms with Crippen LogP contribution in [0.4, 0.5) is 4.79 Å². The lowest BCUT2D eigenvalue weighted by molar-refractivity contribution is -0.144. The van der Waals surface area contributed by atoms with E-state index in [4.69, 9.17) is 9.47 Å². The number of ether oxygens (including phenoxy) is 2. The first-order valence-corrected chi connectivity index (χ1v) is 14.3. The van der Waals surface area contributed by atoms with Crippen LogP contribution in [-0.2, 0) is 30.3 Å². The number of alkyl carbamates (subject to hydrolysis) is 1. The molecule has 3 N–H and O–H groups in total. The molecular formula is C32H45N3O7. The van der Waals surface area contributed by atoms with Crippen molar-refractivity contribution in [3.05, 3.63) is 64.7 Å². The van der Waals surface area contributed by atoms with E-state index < -0.39 is 41.6 Å². The molecule has 2 atom stereocenters. The Kier molecular flexibility index (Phi) is 12.8. The lowest BCUT2D eigenvalue weighted by Gasteiger charge is -2.34. The number of phenolic OH excluding ortho intramolecular Hbond substituents is 1. The lowest BCUT2D eigenvalue weighted by atomic mass is 9.97. The maximum Gasteiger partial charge on any atom is 0.408 e. The highest BCUT2D eigenvalue weighted by molar-refractivity contribution is 5.92. The summed E-state index contributed by atoms with van der Waals surface area (Å²) in [6.45, 7) is 13.2. The second-order valence-corrected chi connectivity index (χ2v) is 11.2. The molecule has 0 bridgehead atoms. The standard InChI is InChI=1S/C32H45N3O7/c1-8-18-35(28(24-13-10-21(3)22(4)19-24)29(38)33-17-16-27(37)41-9-2)30(39)26(34-31(40)42-32(5,6)7)20-23-11-14-25(36)15-12-23/h10-15,19,26,28,36H,8-9,16-18,20H2,1-7H3,(H,33,38)(H,34,40). The van der Waals surface area contributed by atoms with E-state index in [1.54, 1.807) is 39.8 Å². The molecule has 42 heavy (non-hydrogen) atoms. The van der Waals surface area contributed by atoms with Crippen LogP contribution < -0.4 is 10.6 Å². The Balaban J connectivity index is 2.50. The Hall–Kier alpha value is -4.08. The Labute approximate surface area is 248 Å². The molecule has 0 spiro atoms. The second-order valence-electron chi connectivity index (χ2n) is 11.2. The van der Waals surface area contributed by atoms with Crippen LogP contribution in [0.15, 0.2) is 42.5 Å². The molecule has 0 aromatic heterocycles. The van der Waals surface area contributed by atoms with E-state index >= 15 is 0 Å². The molecule has 3 amide bonds. The van der Waals surface area contributed by atoms with Crippen LogP contribution in [0.2, 0.25) is 0 Å². The van der Waals surface area contributed by atoms with Crippen molar-refractivity contribution in [1.29, 1.82) is 0 Å². The van der Waals surface area contributed by atoms with Gasteiger partial charge in [0.25, 0.3) is 0 Å². The van der Waals surface area contributed by atoms with Crippen molar-refractivity contribution < 1.29 is 33.8 Å². The number of carbonyl (C=O) groups is 4. The summed E-state index contributed by atoms with van der Waals surface area (Å²) in [6, 6.07) is 9.82. The Morgan fingerprint density at radius 3 is 2.21 bits per heavy atom. The topological polar surface area (TPSA) is 134 Å². The predicted molar refractivity (Wildman–Crippen MR) is 160 cm³/mol. The number of nitrogens with one attached hydrogen (secondary N) is 2. The minimum atomic E-state index is -1.07. The van der Waals surface area contributed by atoms with Crippen molar-refractivity contribution in [3.8, 4) is 5.75 Å². The van der Waals surface area contributed by atoms with Gasteiger partial charge in [0.15, 0.2) is 0 Å². The zero-order chi connectivity index (χ0) is 31.4. The Morgan fingerprint density at radius 2 is 1.64 bits per heavy atom. The largest absolute Gasteiger partial charge is 0.508 e. The number of amides is 3. The first-order valence-electron chi connectivity index (χ1n) is 14.3. The molecular weight excluding hydrogens is 538 g/mol. The van der Waals surface area contributed by atoms with E-state index in [0.29, 0.717) is 17.5 Å². The van der Waals surface area contributed by atoms with E-state index in [1.807, 2.05) is 39.0 Å². The van der Waals surface area contributed by atoms with Crippen LogP contribution in [0.25, 0.3) is 0 Å². The van der Waals surface area contributed by atoms with E-state index in [-0.39, 0.29) is 38.3 Å². The molecule has 0 saturated heterocycles. The fourth-order valence-corrected chi connectivity index (χ4v) is 4.35. The van der Waals surface area contributed by atoms with Crippen molar-refractivity contribution in [2.75, 3.05) is 19.7 Å². The molecule has 2 unspecified atom stereocenters. The first kappa shape index (κ1) is 34.1. The monoisotopic (exact) mass is 583 g/mol. The van der Waals surface area contributed by atoms with Gasteiger partial charge in [0.05, 0.1) is 13.0 Å². The minimum absolute atomic E-state index is 0.00930. The van der Waals surface area contributed by atoms with Gasteiger partial charge in [-0.05, 0) is 82.3 Å². The van der Waals surface area contributed by atoms with E-state index in [0.717, 1.165) is 11.1 Å². The van der Waals surface area contributed by atoms with E-state index in [1.165, 1.54) is 17.0 Å². The summed E-state index contributed by atoms with van der Waals surface area (Å²) >= 11 is 0. The number of aryl methyl sites for hydroxylation is 2. The fourth-order valence-electron chi connectivity index (χ4n) is 4.35. The first-order chi connectivity index (χ1) is 19.7. The highest BCUT2D eigenvalue weighted by Gasteiger charge is 2.36. The van der Waals surface area contributed by atoms with E-state index in [9.17, 15) is 24.3 Å². The molecule has 10 heteroatoms. The van der Waals surface area contributed by atoms with Crippen molar-refractivity contribution in [3.63, 3.8) is 0 Å². The molecule has 0 saturated carbocycles. The number of rotatable bonds is 13. The summed E-state index contributed by atoms with van der Waals surface area (Å²) in [5, 5.41) is 15.2. The molecule has 2 aromatic carbocycles. The van der Waals surface area contributed by atoms with Gasteiger partial charge >= 0.3 is 12.1 Å². The number of nitrogens with zero attached hydrogens (tertiary/aromatic N) is 1. The number of phenols is 1. The van der Waals surface area contributed by atoms with Gasteiger partial charge in [-0.2, -0.15) is 0 Å². The number of esters is 1. The SMILES string of the molecule is CCCN(C(=O)C(Cc1ccc(O)cc1)NC(=O)OC(C)(C)C)C(C(=O)NCCC(=O)OCC)c1ccc(C)c(C)c1. The third-order valence-electron chi connectivity index (χ3n) is 6.45. The maximum absolute atomic E-state index is 14.3. The van der Waals surface area contributed by atoms with Crippen molar-refractivity contribution >= 4 is 23.9 Å². The van der Waals surface area contributed by atoms with Gasteiger partial charge in [0, 0.05) is 19.5 Å². The summed E-state index contributed by atoms with van der Waals surface area (Å²) in [7, 11) is 0. The normalized spacial score (nSPS) is 12.5. The minimum Gasteiger partial charge on any atom is -0.508 e. The van der Waals surface area contributed by atoms with Gasteiger partial charge in [0.1, 0.15) is 23.4 Å². The molecule has 0 aliphatic carbocycles. The number of hydrogen-bond acceptors (Lipinski definition) is 7. The van der Waals surface area contributed by atoms with Gasteiger partial charge in [0.2, 0.25) is 11.8 Å². The molecule has 10 nitrogen and oxygen atoms in total. The third kappa shape index (κ3) is 10.7. The number of aromatic hydroxyl groups is 1. The summed E-state index contributed by atoms with van der Waals surface area (Å²) < 4.78 is 10.4. The second kappa shape index (κ2) is 15.8. The van der Waals surface area contributed by atoms with Gasteiger partial charge in [-0.3, -0.25) is 14.4 Å². The van der Waals surface area contributed by atoms with Crippen LogP contribution in [-0.4, -0.2) is 65.2 Å². The number of hydrogen-bond donors (Lipinski definition) is 3. The average Bonchev–Trinajstić information content (AvgIpc) is 2.90.